The maximum absolute atomic E-state index is 13.2. The lowest BCUT2D eigenvalue weighted by atomic mass is 10.1. The molecule has 1 heterocycles. The molecule has 0 aliphatic heterocycles. The van der Waals surface area contributed by atoms with Gasteiger partial charge in [0.15, 0.2) is 0 Å². The van der Waals surface area contributed by atoms with Crippen LogP contribution in [-0.2, 0) is 11.2 Å². The monoisotopic (exact) mass is 365 g/mol. The zero-order chi connectivity index (χ0) is 19.1. The van der Waals surface area contributed by atoms with Gasteiger partial charge in [-0.15, -0.1) is 0 Å². The zero-order valence-corrected chi connectivity index (χ0v) is 14.9. The van der Waals surface area contributed by atoms with E-state index in [0.29, 0.717) is 23.7 Å². The molecule has 0 bridgehead atoms. The van der Waals surface area contributed by atoms with Crippen LogP contribution in [-0.4, -0.2) is 17.5 Å². The van der Waals surface area contributed by atoms with E-state index in [1.165, 1.54) is 12.1 Å². The number of anilines is 3. The average molecular weight is 365 g/mol. The molecule has 0 atom stereocenters. The Morgan fingerprint density at radius 2 is 1.85 bits per heavy atom. The van der Waals surface area contributed by atoms with E-state index < -0.39 is 0 Å². The fraction of sp³-hybridized carbons (Fsp3) is 0.143. The summed E-state index contributed by atoms with van der Waals surface area (Å²) in [6, 6.07) is 17.1. The molecule has 1 aromatic heterocycles. The van der Waals surface area contributed by atoms with Gasteiger partial charge in [0.2, 0.25) is 5.91 Å². The molecule has 0 saturated heterocycles. The molecule has 0 saturated carbocycles. The largest absolute Gasteiger partial charge is 0.494 e. The molecule has 0 aliphatic carbocycles. The topological polar surface area (TPSA) is 63.2 Å². The van der Waals surface area contributed by atoms with E-state index in [4.69, 9.17) is 4.74 Å². The van der Waals surface area contributed by atoms with E-state index >= 15 is 0 Å². The second-order valence-corrected chi connectivity index (χ2v) is 5.87. The quantitative estimate of drug-likeness (QED) is 0.645. The maximum atomic E-state index is 13.2. The van der Waals surface area contributed by atoms with Gasteiger partial charge in [-0.3, -0.25) is 4.79 Å². The lowest BCUT2D eigenvalue weighted by Gasteiger charge is -2.09. The number of hydrogen-bond acceptors (Lipinski definition) is 4. The van der Waals surface area contributed by atoms with Crippen molar-refractivity contribution in [2.75, 3.05) is 17.2 Å². The minimum absolute atomic E-state index is 0.101. The normalized spacial score (nSPS) is 10.3. The molecule has 3 rings (SSSR count). The minimum atomic E-state index is -0.355. The van der Waals surface area contributed by atoms with E-state index in [2.05, 4.69) is 15.6 Å². The first-order chi connectivity index (χ1) is 13.1. The van der Waals surface area contributed by atoms with E-state index in [9.17, 15) is 9.18 Å². The van der Waals surface area contributed by atoms with Gasteiger partial charge in [0.05, 0.1) is 24.9 Å². The Kier molecular flexibility index (Phi) is 5.99. The Morgan fingerprint density at radius 1 is 1.07 bits per heavy atom. The molecule has 2 N–H and O–H groups in total. The number of nitrogens with zero attached hydrogens (tertiary/aromatic N) is 1. The average Bonchev–Trinajstić information content (AvgIpc) is 2.65. The highest BCUT2D eigenvalue weighted by atomic mass is 19.1. The molecule has 0 fully saturated rings. The summed E-state index contributed by atoms with van der Waals surface area (Å²) < 4.78 is 18.6. The minimum Gasteiger partial charge on any atom is -0.494 e. The highest BCUT2D eigenvalue weighted by Gasteiger charge is 2.06. The van der Waals surface area contributed by atoms with Crippen LogP contribution < -0.4 is 15.4 Å². The second-order valence-electron chi connectivity index (χ2n) is 5.87. The maximum Gasteiger partial charge on any atom is 0.228 e. The lowest BCUT2D eigenvalue weighted by molar-refractivity contribution is -0.115. The van der Waals surface area contributed by atoms with Crippen molar-refractivity contribution in [3.63, 3.8) is 0 Å². The van der Waals surface area contributed by atoms with Crippen LogP contribution in [0.5, 0.6) is 5.75 Å². The van der Waals surface area contributed by atoms with Gasteiger partial charge in [0, 0.05) is 5.69 Å². The van der Waals surface area contributed by atoms with Crippen LogP contribution in [0.2, 0.25) is 0 Å². The number of aromatic nitrogens is 1. The molecule has 0 aliphatic rings. The molecular formula is C21H20FN3O2. The van der Waals surface area contributed by atoms with Crippen molar-refractivity contribution in [2.45, 2.75) is 13.3 Å². The van der Waals surface area contributed by atoms with Gasteiger partial charge in [-0.05, 0) is 61.0 Å². The smallest absolute Gasteiger partial charge is 0.228 e. The van der Waals surface area contributed by atoms with Crippen LogP contribution in [0.15, 0.2) is 66.9 Å². The van der Waals surface area contributed by atoms with Crippen molar-refractivity contribution in [3.05, 3.63) is 78.2 Å². The summed E-state index contributed by atoms with van der Waals surface area (Å²) in [6.07, 6.45) is 1.67. The molecule has 1 amide bonds. The highest BCUT2D eigenvalue weighted by molar-refractivity contribution is 5.92. The molecular weight excluding hydrogens is 345 g/mol. The van der Waals surface area contributed by atoms with Crippen LogP contribution in [0.1, 0.15) is 12.5 Å². The Bertz CT molecular complexity index is 896. The van der Waals surface area contributed by atoms with Gasteiger partial charge in [-0.25, -0.2) is 9.37 Å². The Balaban J connectivity index is 1.55. The fourth-order valence-corrected chi connectivity index (χ4v) is 2.53. The number of carbonyl (C=O) groups excluding carboxylic acids is 1. The van der Waals surface area contributed by atoms with E-state index in [1.807, 2.05) is 31.2 Å². The lowest BCUT2D eigenvalue weighted by Crippen LogP contribution is -2.14. The third kappa shape index (κ3) is 5.54. The summed E-state index contributed by atoms with van der Waals surface area (Å²) in [5.74, 6) is 0.885. The number of benzene rings is 2. The first kappa shape index (κ1) is 18.4. The number of ether oxygens (including phenoxy) is 1. The highest BCUT2D eigenvalue weighted by Crippen LogP contribution is 2.20. The summed E-state index contributed by atoms with van der Waals surface area (Å²) in [7, 11) is 0. The van der Waals surface area contributed by atoms with Gasteiger partial charge >= 0.3 is 0 Å². The number of pyridine rings is 1. The van der Waals surface area contributed by atoms with Gasteiger partial charge in [-0.2, -0.15) is 0 Å². The Labute approximate surface area is 157 Å². The zero-order valence-electron chi connectivity index (χ0n) is 14.9. The summed E-state index contributed by atoms with van der Waals surface area (Å²) in [5.41, 5.74) is 2.08. The fourth-order valence-electron chi connectivity index (χ4n) is 2.53. The third-order valence-corrected chi connectivity index (χ3v) is 3.74. The first-order valence-corrected chi connectivity index (χ1v) is 8.62. The third-order valence-electron chi connectivity index (χ3n) is 3.74. The predicted molar refractivity (Wildman–Crippen MR) is 104 cm³/mol. The standard InChI is InChI=1S/C21H20FN3O2/c1-2-27-19-9-6-17(7-10-19)24-20-11-8-18(14-23-20)25-21(26)13-15-4-3-5-16(22)12-15/h3-12,14H,2,13H2,1H3,(H,23,24)(H,25,26). The number of halogens is 1. The van der Waals surface area contributed by atoms with Crippen molar-refractivity contribution in [1.82, 2.24) is 4.98 Å². The number of nitrogens with one attached hydrogen (secondary N) is 2. The Morgan fingerprint density at radius 3 is 2.52 bits per heavy atom. The van der Waals surface area contributed by atoms with Crippen molar-refractivity contribution >= 4 is 23.1 Å². The van der Waals surface area contributed by atoms with Gasteiger partial charge < -0.3 is 15.4 Å². The summed E-state index contributed by atoms with van der Waals surface area (Å²) in [5, 5.41) is 5.93. The molecule has 0 spiro atoms. The number of carbonyl (C=O) groups is 1. The van der Waals surface area contributed by atoms with Crippen molar-refractivity contribution < 1.29 is 13.9 Å². The molecule has 138 valence electrons. The van der Waals surface area contributed by atoms with E-state index in [-0.39, 0.29) is 18.1 Å². The van der Waals surface area contributed by atoms with Crippen LogP contribution in [0.3, 0.4) is 0 Å². The van der Waals surface area contributed by atoms with Crippen LogP contribution in [0.4, 0.5) is 21.6 Å². The molecule has 5 nitrogen and oxygen atoms in total. The van der Waals surface area contributed by atoms with E-state index in [1.54, 1.807) is 30.5 Å². The summed E-state index contributed by atoms with van der Waals surface area (Å²) in [4.78, 5) is 16.4. The molecule has 27 heavy (non-hydrogen) atoms. The summed E-state index contributed by atoms with van der Waals surface area (Å²) in [6.45, 7) is 2.56. The molecule has 6 heteroatoms. The predicted octanol–water partition coefficient (Wildman–Crippen LogP) is 4.54. The number of hydrogen-bond donors (Lipinski definition) is 2. The van der Waals surface area contributed by atoms with Crippen LogP contribution in [0, 0.1) is 5.82 Å². The Hall–Kier alpha value is -3.41. The van der Waals surface area contributed by atoms with Gasteiger partial charge in [0.25, 0.3) is 0 Å². The molecule has 0 unspecified atom stereocenters. The number of amides is 1. The SMILES string of the molecule is CCOc1ccc(Nc2ccc(NC(=O)Cc3cccc(F)c3)cn2)cc1. The first-order valence-electron chi connectivity index (χ1n) is 8.62. The van der Waals surface area contributed by atoms with Crippen LogP contribution >= 0.6 is 0 Å². The number of rotatable bonds is 7. The molecule has 3 aromatic rings. The molecule has 2 aromatic carbocycles. The van der Waals surface area contributed by atoms with Crippen molar-refractivity contribution in [2.24, 2.45) is 0 Å². The summed E-state index contributed by atoms with van der Waals surface area (Å²) >= 11 is 0. The van der Waals surface area contributed by atoms with Crippen molar-refractivity contribution in [1.29, 1.82) is 0 Å². The van der Waals surface area contributed by atoms with Gasteiger partial charge in [0.1, 0.15) is 17.4 Å². The van der Waals surface area contributed by atoms with Crippen molar-refractivity contribution in [3.8, 4) is 5.75 Å². The second kappa shape index (κ2) is 8.80. The molecule has 0 radical (unpaired) electrons. The van der Waals surface area contributed by atoms with Gasteiger partial charge in [-0.1, -0.05) is 12.1 Å². The van der Waals surface area contributed by atoms with E-state index in [0.717, 1.165) is 11.4 Å². The van der Waals surface area contributed by atoms with Crippen LogP contribution in [0.25, 0.3) is 0 Å².